The third kappa shape index (κ3) is 9.46. The van der Waals surface area contributed by atoms with Crippen molar-refractivity contribution in [2.45, 2.75) is 50.1 Å². The van der Waals surface area contributed by atoms with Crippen molar-refractivity contribution in [1.82, 2.24) is 19.8 Å². The van der Waals surface area contributed by atoms with Gasteiger partial charge in [-0.05, 0) is 48.6 Å². The van der Waals surface area contributed by atoms with Crippen molar-refractivity contribution in [3.05, 3.63) is 106 Å². The predicted molar refractivity (Wildman–Crippen MR) is 176 cm³/mol. The van der Waals surface area contributed by atoms with Gasteiger partial charge in [-0.25, -0.2) is 4.98 Å². The summed E-state index contributed by atoms with van der Waals surface area (Å²) in [4.78, 5) is 50.8. The molecule has 44 heavy (non-hydrogen) atoms. The fraction of sp³-hybridized carbons (Fsp3) is 0.344. The van der Waals surface area contributed by atoms with E-state index >= 15 is 0 Å². The SMILES string of the molecule is CN1C=CSC1C(=O)[C@H](CCCN=C(N)N)NC(=O)Cn1c(CCc2ccccc2)cnc(NCCc2ccccc2)c1=O. The minimum atomic E-state index is -0.773. The summed E-state index contributed by atoms with van der Waals surface area (Å²) in [5.41, 5.74) is 13.4. The van der Waals surface area contributed by atoms with Gasteiger partial charge in [0, 0.05) is 38.2 Å². The van der Waals surface area contributed by atoms with E-state index in [4.69, 9.17) is 11.5 Å². The van der Waals surface area contributed by atoms with Crippen LogP contribution >= 0.6 is 11.8 Å². The number of aryl methyl sites for hydroxylation is 2. The molecule has 1 aromatic heterocycles. The lowest BCUT2D eigenvalue weighted by Gasteiger charge is -2.25. The Bertz CT molecular complexity index is 1510. The molecule has 3 aromatic rings. The van der Waals surface area contributed by atoms with Crippen LogP contribution in [-0.2, 0) is 35.4 Å². The second-order valence-corrected chi connectivity index (χ2v) is 11.5. The Labute approximate surface area is 261 Å². The van der Waals surface area contributed by atoms with Gasteiger partial charge in [0.1, 0.15) is 11.9 Å². The molecule has 4 rings (SSSR count). The van der Waals surface area contributed by atoms with Crippen molar-refractivity contribution in [3.63, 3.8) is 0 Å². The maximum atomic E-state index is 13.7. The van der Waals surface area contributed by atoms with Gasteiger partial charge in [-0.2, -0.15) is 0 Å². The molecule has 1 aliphatic heterocycles. The normalized spacial score (nSPS) is 14.7. The zero-order valence-corrected chi connectivity index (χ0v) is 25.7. The van der Waals surface area contributed by atoms with E-state index in [1.165, 1.54) is 16.3 Å². The van der Waals surface area contributed by atoms with E-state index in [1.807, 2.05) is 84.2 Å². The number of carbonyl (C=O) groups excluding carboxylic acids is 2. The fourth-order valence-electron chi connectivity index (χ4n) is 4.90. The van der Waals surface area contributed by atoms with Gasteiger partial charge in [0.2, 0.25) is 5.91 Å². The van der Waals surface area contributed by atoms with E-state index in [0.29, 0.717) is 50.9 Å². The number of hydrogen-bond donors (Lipinski definition) is 4. The summed E-state index contributed by atoms with van der Waals surface area (Å²) in [5, 5.41) is 7.44. The highest BCUT2D eigenvalue weighted by atomic mass is 32.2. The van der Waals surface area contributed by atoms with Crippen LogP contribution in [0.3, 0.4) is 0 Å². The standard InChI is InChI=1S/C32H40N8O3S/c1-39-19-20-44-31(39)28(42)26(13-8-17-36-32(33)34)38-27(41)22-40-25(15-14-23-9-4-2-5-10-23)21-37-29(30(40)43)35-18-16-24-11-6-3-7-12-24/h2-7,9-12,19-21,26,31H,8,13-18,22H2,1H3,(H,35,37)(H,38,41)(H4,33,34,36)/t26-,31?/m0/s1. The summed E-state index contributed by atoms with van der Waals surface area (Å²) in [7, 11) is 1.82. The third-order valence-electron chi connectivity index (χ3n) is 7.24. The number of benzene rings is 2. The van der Waals surface area contributed by atoms with Crippen molar-refractivity contribution in [3.8, 4) is 0 Å². The van der Waals surface area contributed by atoms with Crippen molar-refractivity contribution in [2.24, 2.45) is 16.5 Å². The fourth-order valence-corrected chi connectivity index (χ4v) is 5.87. The summed E-state index contributed by atoms with van der Waals surface area (Å²) in [5.74, 6) is -0.416. The van der Waals surface area contributed by atoms with Gasteiger partial charge in [-0.3, -0.25) is 23.9 Å². The highest BCUT2D eigenvalue weighted by Gasteiger charge is 2.32. The van der Waals surface area contributed by atoms with Crippen LogP contribution < -0.4 is 27.7 Å². The Morgan fingerprint density at radius 2 is 1.70 bits per heavy atom. The number of amides is 1. The highest BCUT2D eigenvalue weighted by molar-refractivity contribution is 8.03. The molecule has 1 aliphatic rings. The average molecular weight is 617 g/mol. The van der Waals surface area contributed by atoms with Crippen LogP contribution in [0.15, 0.2) is 88.3 Å². The molecule has 0 spiro atoms. The summed E-state index contributed by atoms with van der Waals surface area (Å²) < 4.78 is 1.45. The van der Waals surface area contributed by atoms with Crippen LogP contribution in [0.25, 0.3) is 0 Å². The largest absolute Gasteiger partial charge is 0.370 e. The number of anilines is 1. The van der Waals surface area contributed by atoms with Crippen molar-refractivity contribution in [1.29, 1.82) is 0 Å². The lowest BCUT2D eigenvalue weighted by atomic mass is 10.1. The Morgan fingerprint density at radius 3 is 2.34 bits per heavy atom. The summed E-state index contributed by atoms with van der Waals surface area (Å²) in [6, 6.07) is 19.1. The topological polar surface area (TPSA) is 161 Å². The molecule has 0 saturated heterocycles. The number of nitrogens with two attached hydrogens (primary N) is 2. The monoisotopic (exact) mass is 616 g/mol. The number of nitrogens with one attached hydrogen (secondary N) is 2. The Morgan fingerprint density at radius 1 is 1.02 bits per heavy atom. The van der Waals surface area contributed by atoms with E-state index < -0.39 is 17.3 Å². The van der Waals surface area contributed by atoms with Gasteiger partial charge in [0.15, 0.2) is 17.6 Å². The highest BCUT2D eigenvalue weighted by Crippen LogP contribution is 2.25. The Kier molecular flexibility index (Phi) is 12.0. The van der Waals surface area contributed by atoms with Crippen LogP contribution in [0.4, 0.5) is 5.82 Å². The summed E-state index contributed by atoms with van der Waals surface area (Å²) in [6.07, 6.45) is 6.23. The van der Waals surface area contributed by atoms with Crippen molar-refractivity contribution in [2.75, 3.05) is 25.5 Å². The molecule has 0 fully saturated rings. The van der Waals surface area contributed by atoms with E-state index in [1.54, 1.807) is 6.20 Å². The molecular weight excluding hydrogens is 576 g/mol. The summed E-state index contributed by atoms with van der Waals surface area (Å²) >= 11 is 1.38. The molecule has 0 aliphatic carbocycles. The first-order chi connectivity index (χ1) is 21.3. The zero-order chi connectivity index (χ0) is 31.3. The molecule has 2 aromatic carbocycles. The van der Waals surface area contributed by atoms with Crippen LogP contribution in [-0.4, -0.2) is 63.7 Å². The van der Waals surface area contributed by atoms with Crippen molar-refractivity contribution < 1.29 is 9.59 Å². The molecule has 2 atom stereocenters. The maximum Gasteiger partial charge on any atom is 0.293 e. The molecule has 12 heteroatoms. The van der Waals surface area contributed by atoms with E-state index in [9.17, 15) is 14.4 Å². The van der Waals surface area contributed by atoms with Gasteiger partial charge in [-0.15, -0.1) is 0 Å². The number of nitrogens with zero attached hydrogens (tertiary/aromatic N) is 4. The maximum absolute atomic E-state index is 13.7. The number of Topliss-reactive ketones (excluding diaryl/α,β-unsaturated/α-hetero) is 1. The van der Waals surface area contributed by atoms with E-state index in [2.05, 4.69) is 20.6 Å². The van der Waals surface area contributed by atoms with Crippen LogP contribution in [0.5, 0.6) is 0 Å². The number of aliphatic imine (C=N–C) groups is 1. The lowest BCUT2D eigenvalue weighted by molar-refractivity contribution is -0.129. The van der Waals surface area contributed by atoms with Gasteiger partial charge >= 0.3 is 0 Å². The van der Waals surface area contributed by atoms with E-state index in [-0.39, 0.29) is 29.7 Å². The van der Waals surface area contributed by atoms with Gasteiger partial charge in [0.05, 0.1) is 6.04 Å². The van der Waals surface area contributed by atoms with Crippen LogP contribution in [0.2, 0.25) is 0 Å². The van der Waals surface area contributed by atoms with E-state index in [0.717, 1.165) is 11.1 Å². The number of guanidine groups is 1. The molecular formula is C32H40N8O3S. The molecule has 1 unspecified atom stereocenters. The van der Waals surface area contributed by atoms with Gasteiger partial charge in [-0.1, -0.05) is 72.4 Å². The number of likely N-dealkylation sites (N-methyl/N-ethyl adjacent to an activating group) is 1. The second kappa shape index (κ2) is 16.3. The molecule has 2 heterocycles. The smallest absolute Gasteiger partial charge is 0.293 e. The minimum Gasteiger partial charge on any atom is -0.370 e. The first-order valence-electron chi connectivity index (χ1n) is 14.6. The number of hydrogen-bond acceptors (Lipinski definition) is 8. The minimum absolute atomic E-state index is 0.0273. The first-order valence-corrected chi connectivity index (χ1v) is 15.6. The number of aromatic nitrogens is 2. The van der Waals surface area contributed by atoms with Crippen LogP contribution in [0.1, 0.15) is 29.7 Å². The molecule has 11 nitrogen and oxygen atoms in total. The number of rotatable bonds is 16. The molecule has 1 amide bonds. The number of carbonyl (C=O) groups is 2. The quantitative estimate of drug-likeness (QED) is 0.108. The number of ketones is 1. The van der Waals surface area contributed by atoms with Gasteiger partial charge in [0.25, 0.3) is 5.56 Å². The first kappa shape index (κ1) is 32.3. The van der Waals surface area contributed by atoms with Crippen molar-refractivity contribution >= 4 is 35.2 Å². The molecule has 0 radical (unpaired) electrons. The summed E-state index contributed by atoms with van der Waals surface area (Å²) in [6.45, 7) is 0.594. The Balaban J connectivity index is 1.51. The lowest BCUT2D eigenvalue weighted by Crippen LogP contribution is -2.48. The van der Waals surface area contributed by atoms with Crippen LogP contribution in [0, 0.1) is 0 Å². The molecule has 0 saturated carbocycles. The average Bonchev–Trinajstić information content (AvgIpc) is 3.46. The Hall–Kier alpha value is -4.58. The predicted octanol–water partition coefficient (Wildman–Crippen LogP) is 2.27. The molecule has 0 bridgehead atoms. The number of thioether (sulfide) groups is 1. The second-order valence-electron chi connectivity index (χ2n) is 10.5. The zero-order valence-electron chi connectivity index (χ0n) is 24.9. The molecule has 6 N–H and O–H groups in total. The molecule has 232 valence electrons. The van der Waals surface area contributed by atoms with Gasteiger partial charge < -0.3 is 27.0 Å². The third-order valence-corrected chi connectivity index (χ3v) is 8.34.